The van der Waals surface area contributed by atoms with Gasteiger partial charge in [-0.1, -0.05) is 16.9 Å². The number of allylic oxidation sites excluding steroid dienone is 1. The maximum Gasteiger partial charge on any atom is 0.0964 e. The molecule has 0 amide bonds. The summed E-state index contributed by atoms with van der Waals surface area (Å²) < 4.78 is 1.71. The van der Waals surface area contributed by atoms with Gasteiger partial charge in [0.25, 0.3) is 0 Å². The smallest absolute Gasteiger partial charge is 0.0964 e. The highest BCUT2D eigenvalue weighted by molar-refractivity contribution is 4.96. The minimum absolute atomic E-state index is 0.775. The van der Waals surface area contributed by atoms with Crippen LogP contribution in [0.4, 0.5) is 0 Å². The summed E-state index contributed by atoms with van der Waals surface area (Å²) in [7, 11) is 1.87. The summed E-state index contributed by atoms with van der Waals surface area (Å²) in [6.07, 6.45) is 4.06. The summed E-state index contributed by atoms with van der Waals surface area (Å²) in [5.74, 6) is 0. The van der Waals surface area contributed by atoms with Crippen LogP contribution in [0.3, 0.4) is 0 Å². The third-order valence-electron chi connectivity index (χ3n) is 1.61. The van der Waals surface area contributed by atoms with Crippen molar-refractivity contribution in [1.29, 1.82) is 0 Å². The fraction of sp³-hybridized carbons (Fsp3) is 0.556. The van der Waals surface area contributed by atoms with Crippen LogP contribution in [0, 0.1) is 0 Å². The highest BCUT2D eigenvalue weighted by atomic mass is 15.4. The van der Waals surface area contributed by atoms with Crippen molar-refractivity contribution >= 4 is 0 Å². The highest BCUT2D eigenvalue weighted by Gasteiger charge is 1.95. The Balaban J connectivity index is 2.24. The van der Waals surface area contributed by atoms with E-state index in [4.69, 9.17) is 0 Å². The molecule has 0 aliphatic carbocycles. The molecule has 0 atom stereocenters. The lowest BCUT2D eigenvalue weighted by molar-refractivity contribution is 0.705. The van der Waals surface area contributed by atoms with Gasteiger partial charge in [0.2, 0.25) is 0 Å². The fourth-order valence-corrected chi connectivity index (χ4v) is 0.953. The van der Waals surface area contributed by atoms with E-state index in [2.05, 4.69) is 35.6 Å². The van der Waals surface area contributed by atoms with Crippen LogP contribution >= 0.6 is 0 Å². The van der Waals surface area contributed by atoms with E-state index in [0.717, 1.165) is 18.8 Å². The van der Waals surface area contributed by atoms with Gasteiger partial charge in [0.15, 0.2) is 0 Å². The fourth-order valence-electron chi connectivity index (χ4n) is 0.953. The molecule has 0 saturated carbocycles. The average Bonchev–Trinajstić information content (AvgIpc) is 2.45. The van der Waals surface area contributed by atoms with Crippen LogP contribution in [-0.4, -0.2) is 21.5 Å². The lowest BCUT2D eigenvalue weighted by atomic mass is 10.3. The van der Waals surface area contributed by atoms with Gasteiger partial charge in [-0.15, -0.1) is 5.10 Å². The molecular weight excluding hydrogens is 164 g/mol. The molecule has 0 radical (unpaired) electrons. The van der Waals surface area contributed by atoms with Crippen molar-refractivity contribution in [3.05, 3.63) is 23.5 Å². The molecule has 4 nitrogen and oxygen atoms in total. The third-order valence-corrected chi connectivity index (χ3v) is 1.61. The molecule has 0 unspecified atom stereocenters. The molecule has 0 spiro atoms. The Morgan fingerprint density at radius 3 is 2.92 bits per heavy atom. The molecule has 0 saturated heterocycles. The summed E-state index contributed by atoms with van der Waals surface area (Å²) in [6, 6.07) is 0. The Morgan fingerprint density at radius 1 is 1.62 bits per heavy atom. The maximum atomic E-state index is 3.96. The zero-order chi connectivity index (χ0) is 9.68. The van der Waals surface area contributed by atoms with Crippen LogP contribution in [0.25, 0.3) is 0 Å². The first-order chi connectivity index (χ1) is 6.18. The molecule has 1 aromatic heterocycles. The van der Waals surface area contributed by atoms with Gasteiger partial charge in [0.1, 0.15) is 0 Å². The number of aromatic nitrogens is 3. The minimum atomic E-state index is 0.775. The number of aryl methyl sites for hydroxylation is 1. The van der Waals surface area contributed by atoms with Crippen LogP contribution < -0.4 is 5.32 Å². The van der Waals surface area contributed by atoms with E-state index in [9.17, 15) is 0 Å². The Hall–Kier alpha value is -1.16. The standard InChI is InChI=1S/C9H16N4/c1-8(2)4-5-10-6-9-7-13(3)12-11-9/h4,7,10H,5-6H2,1-3H3. The third kappa shape index (κ3) is 3.85. The Bertz CT molecular complexity index is 284. The van der Waals surface area contributed by atoms with Crippen LogP contribution in [-0.2, 0) is 13.6 Å². The van der Waals surface area contributed by atoms with E-state index in [1.807, 2.05) is 13.2 Å². The van der Waals surface area contributed by atoms with Crippen LogP contribution in [0.2, 0.25) is 0 Å². The molecule has 13 heavy (non-hydrogen) atoms. The van der Waals surface area contributed by atoms with Gasteiger partial charge in [0.05, 0.1) is 5.69 Å². The quantitative estimate of drug-likeness (QED) is 0.552. The topological polar surface area (TPSA) is 42.7 Å². The SMILES string of the molecule is CC(C)=CCNCc1cn(C)nn1. The van der Waals surface area contributed by atoms with E-state index in [-0.39, 0.29) is 0 Å². The first kappa shape index (κ1) is 9.92. The van der Waals surface area contributed by atoms with E-state index >= 15 is 0 Å². The zero-order valence-corrected chi connectivity index (χ0v) is 8.41. The Kier molecular flexibility index (Phi) is 3.64. The number of hydrogen-bond donors (Lipinski definition) is 1. The lowest BCUT2D eigenvalue weighted by Gasteiger charge is -1.96. The second-order valence-electron chi connectivity index (χ2n) is 3.30. The molecule has 0 fully saturated rings. The van der Waals surface area contributed by atoms with Gasteiger partial charge in [-0.25, -0.2) is 0 Å². The normalized spacial score (nSPS) is 10.1. The largest absolute Gasteiger partial charge is 0.308 e. The minimum Gasteiger partial charge on any atom is -0.308 e. The van der Waals surface area contributed by atoms with Crippen molar-refractivity contribution in [2.45, 2.75) is 20.4 Å². The first-order valence-electron chi connectivity index (χ1n) is 4.38. The molecule has 0 aliphatic heterocycles. The second kappa shape index (κ2) is 4.77. The van der Waals surface area contributed by atoms with E-state index in [1.165, 1.54) is 5.57 Å². The summed E-state index contributed by atoms with van der Waals surface area (Å²) in [5, 5.41) is 11.1. The monoisotopic (exact) mass is 180 g/mol. The maximum absolute atomic E-state index is 3.96. The van der Waals surface area contributed by atoms with Crippen molar-refractivity contribution in [2.75, 3.05) is 6.54 Å². The van der Waals surface area contributed by atoms with Crippen molar-refractivity contribution in [3.63, 3.8) is 0 Å². The number of nitrogens with one attached hydrogen (secondary N) is 1. The Morgan fingerprint density at radius 2 is 2.38 bits per heavy atom. The van der Waals surface area contributed by atoms with Crippen LogP contribution in [0.15, 0.2) is 17.8 Å². The summed E-state index contributed by atoms with van der Waals surface area (Å²) in [6.45, 7) is 5.84. The lowest BCUT2D eigenvalue weighted by Crippen LogP contribution is -2.13. The molecule has 1 aromatic rings. The van der Waals surface area contributed by atoms with Gasteiger partial charge in [-0.3, -0.25) is 4.68 Å². The van der Waals surface area contributed by atoms with Gasteiger partial charge < -0.3 is 5.32 Å². The predicted molar refractivity (Wildman–Crippen MR) is 52.1 cm³/mol. The van der Waals surface area contributed by atoms with E-state index in [1.54, 1.807) is 4.68 Å². The number of hydrogen-bond acceptors (Lipinski definition) is 3. The van der Waals surface area contributed by atoms with Crippen LogP contribution in [0.1, 0.15) is 19.5 Å². The molecular formula is C9H16N4. The molecule has 1 heterocycles. The Labute approximate surface area is 78.6 Å². The van der Waals surface area contributed by atoms with Crippen molar-refractivity contribution in [1.82, 2.24) is 20.3 Å². The summed E-state index contributed by atoms with van der Waals surface area (Å²) in [4.78, 5) is 0. The van der Waals surface area contributed by atoms with E-state index < -0.39 is 0 Å². The zero-order valence-electron chi connectivity index (χ0n) is 8.41. The van der Waals surface area contributed by atoms with Crippen LogP contribution in [0.5, 0.6) is 0 Å². The van der Waals surface area contributed by atoms with Crippen molar-refractivity contribution in [2.24, 2.45) is 7.05 Å². The predicted octanol–water partition coefficient (Wildman–Crippen LogP) is 0.871. The van der Waals surface area contributed by atoms with Gasteiger partial charge >= 0.3 is 0 Å². The highest BCUT2D eigenvalue weighted by Crippen LogP contribution is 1.90. The van der Waals surface area contributed by atoms with Gasteiger partial charge in [-0.05, 0) is 13.8 Å². The number of nitrogens with zero attached hydrogens (tertiary/aromatic N) is 3. The van der Waals surface area contributed by atoms with Gasteiger partial charge in [0, 0.05) is 26.3 Å². The van der Waals surface area contributed by atoms with E-state index in [0.29, 0.717) is 0 Å². The summed E-state index contributed by atoms with van der Waals surface area (Å²) in [5.41, 5.74) is 2.30. The molecule has 1 N–H and O–H groups in total. The van der Waals surface area contributed by atoms with Crippen molar-refractivity contribution in [3.8, 4) is 0 Å². The molecule has 1 rings (SSSR count). The first-order valence-corrected chi connectivity index (χ1v) is 4.38. The molecule has 4 heteroatoms. The number of rotatable bonds is 4. The molecule has 0 aliphatic rings. The second-order valence-corrected chi connectivity index (χ2v) is 3.30. The molecule has 72 valence electrons. The molecule has 0 aromatic carbocycles. The molecule has 0 bridgehead atoms. The van der Waals surface area contributed by atoms with Crippen molar-refractivity contribution < 1.29 is 0 Å². The average molecular weight is 180 g/mol. The summed E-state index contributed by atoms with van der Waals surface area (Å²) >= 11 is 0. The van der Waals surface area contributed by atoms with Gasteiger partial charge in [-0.2, -0.15) is 0 Å².